The highest BCUT2D eigenvalue weighted by atomic mass is 16.3. The van der Waals surface area contributed by atoms with Crippen LogP contribution in [0.2, 0.25) is 0 Å². The molecule has 5 aromatic rings. The fraction of sp³-hybridized carbons (Fsp3) is 0.143. The van der Waals surface area contributed by atoms with Crippen molar-refractivity contribution in [3.8, 4) is 28.5 Å². The van der Waals surface area contributed by atoms with Gasteiger partial charge < -0.3 is 4.42 Å². The lowest BCUT2D eigenvalue weighted by atomic mass is 9.93. The van der Waals surface area contributed by atoms with Crippen LogP contribution >= 0.6 is 0 Å². The molecule has 3 aromatic carbocycles. The number of aromatic nitrogens is 1. The molecule has 2 aromatic heterocycles. The molecule has 0 fully saturated rings. The quantitative estimate of drug-likeness (QED) is 0.314. The molecule has 0 amide bonds. The van der Waals surface area contributed by atoms with Crippen LogP contribution in [0.4, 0.5) is 0 Å². The van der Waals surface area contributed by atoms with Gasteiger partial charge in [-0.25, -0.2) is 4.57 Å². The lowest BCUT2D eigenvalue weighted by Crippen LogP contribution is -2.30. The molecule has 2 heterocycles. The summed E-state index contributed by atoms with van der Waals surface area (Å²) in [6, 6.07) is 23.1. The highest BCUT2D eigenvalue weighted by Crippen LogP contribution is 2.40. The summed E-state index contributed by atoms with van der Waals surface area (Å²) in [6.07, 6.45) is 2.04. The monoisotopic (exact) mass is 403 g/mol. The van der Waals surface area contributed by atoms with E-state index in [-0.39, 0.29) is 0 Å². The first kappa shape index (κ1) is 19.1. The molecular formula is C28H23N2O+. The van der Waals surface area contributed by atoms with E-state index in [0.29, 0.717) is 5.56 Å². The van der Waals surface area contributed by atoms with Gasteiger partial charge in [0.05, 0.1) is 17.2 Å². The average molecular weight is 404 g/mol. The van der Waals surface area contributed by atoms with E-state index in [9.17, 15) is 5.26 Å². The Bertz CT molecular complexity index is 1530. The second-order valence-electron chi connectivity index (χ2n) is 8.26. The van der Waals surface area contributed by atoms with Crippen molar-refractivity contribution in [2.24, 2.45) is 7.05 Å². The van der Waals surface area contributed by atoms with Gasteiger partial charge in [-0.3, -0.25) is 0 Å². The molecule has 0 spiro atoms. The van der Waals surface area contributed by atoms with Crippen molar-refractivity contribution >= 4 is 21.9 Å². The lowest BCUT2D eigenvalue weighted by Gasteiger charge is -2.09. The van der Waals surface area contributed by atoms with Crippen LogP contribution in [0, 0.1) is 32.1 Å². The first-order chi connectivity index (χ1) is 15.0. The van der Waals surface area contributed by atoms with Crippen LogP contribution in [0.5, 0.6) is 0 Å². The van der Waals surface area contributed by atoms with E-state index < -0.39 is 0 Å². The van der Waals surface area contributed by atoms with E-state index in [4.69, 9.17) is 4.42 Å². The van der Waals surface area contributed by atoms with Crippen LogP contribution in [0.1, 0.15) is 22.3 Å². The van der Waals surface area contributed by atoms with Gasteiger partial charge in [-0.15, -0.1) is 0 Å². The highest BCUT2D eigenvalue weighted by molar-refractivity contribution is 6.11. The van der Waals surface area contributed by atoms with Crippen LogP contribution in [-0.4, -0.2) is 0 Å². The fourth-order valence-corrected chi connectivity index (χ4v) is 4.52. The fourth-order valence-electron chi connectivity index (χ4n) is 4.52. The molecule has 31 heavy (non-hydrogen) atoms. The summed E-state index contributed by atoms with van der Waals surface area (Å²) < 4.78 is 8.58. The van der Waals surface area contributed by atoms with Crippen molar-refractivity contribution in [3.63, 3.8) is 0 Å². The minimum absolute atomic E-state index is 0.662. The molecule has 3 heteroatoms. The Hall–Kier alpha value is -3.90. The molecule has 0 saturated carbocycles. The third-order valence-corrected chi connectivity index (χ3v) is 6.09. The number of pyridine rings is 1. The smallest absolute Gasteiger partial charge is 0.216 e. The Balaban J connectivity index is 1.85. The van der Waals surface area contributed by atoms with Gasteiger partial charge in [0.2, 0.25) is 5.69 Å². The van der Waals surface area contributed by atoms with Gasteiger partial charge in [0.25, 0.3) is 0 Å². The Morgan fingerprint density at radius 3 is 2.42 bits per heavy atom. The number of furan rings is 1. The molecule has 150 valence electrons. The number of benzene rings is 3. The normalized spacial score (nSPS) is 11.2. The van der Waals surface area contributed by atoms with Crippen molar-refractivity contribution in [1.82, 2.24) is 0 Å². The van der Waals surface area contributed by atoms with E-state index in [0.717, 1.165) is 55.4 Å². The van der Waals surface area contributed by atoms with Gasteiger partial charge in [-0.2, -0.15) is 5.26 Å². The van der Waals surface area contributed by atoms with Gasteiger partial charge in [0, 0.05) is 28.5 Å². The number of aryl methyl sites for hydroxylation is 4. The molecule has 0 aliphatic heterocycles. The third kappa shape index (κ3) is 3.00. The van der Waals surface area contributed by atoms with Gasteiger partial charge >= 0.3 is 0 Å². The number of hydrogen-bond donors (Lipinski definition) is 0. The van der Waals surface area contributed by atoms with Gasteiger partial charge in [0.1, 0.15) is 18.2 Å². The molecule has 3 nitrogen and oxygen atoms in total. The molecular weight excluding hydrogens is 380 g/mol. The van der Waals surface area contributed by atoms with Crippen LogP contribution in [0.3, 0.4) is 0 Å². The topological polar surface area (TPSA) is 40.8 Å². The molecule has 5 rings (SSSR count). The second kappa shape index (κ2) is 7.11. The SMILES string of the molecule is Cc1ccc(-c2cc3oc4c(-c5cccc[n+]5C)c(C)ccc4c3cc2C#N)c(C)c1. The standard InChI is InChI=1S/C28H23N2O/c1-17-8-10-21(19(3)13-17)23-15-26-24(14-20(23)16-29)22-11-9-18(2)27(28(22)31-26)25-7-5-6-12-30(25)4/h5-15H,1-4H3/q+1. The lowest BCUT2D eigenvalue weighted by molar-refractivity contribution is -0.660. The predicted molar refractivity (Wildman–Crippen MR) is 125 cm³/mol. The minimum atomic E-state index is 0.662. The molecule has 0 atom stereocenters. The summed E-state index contributed by atoms with van der Waals surface area (Å²) in [6.45, 7) is 6.28. The van der Waals surface area contributed by atoms with E-state index in [1.54, 1.807) is 0 Å². The summed E-state index contributed by atoms with van der Waals surface area (Å²) in [5, 5.41) is 11.9. The Morgan fingerprint density at radius 1 is 0.839 bits per heavy atom. The molecule has 0 aliphatic rings. The zero-order chi connectivity index (χ0) is 21.7. The number of nitriles is 1. The minimum Gasteiger partial charge on any atom is -0.455 e. The van der Waals surface area contributed by atoms with Crippen LogP contribution in [-0.2, 0) is 7.05 Å². The van der Waals surface area contributed by atoms with Gasteiger partial charge in [-0.1, -0.05) is 35.9 Å². The zero-order valence-electron chi connectivity index (χ0n) is 18.2. The maximum atomic E-state index is 9.92. The predicted octanol–water partition coefficient (Wildman–Crippen LogP) is 6.54. The molecule has 0 saturated heterocycles. The molecule has 0 radical (unpaired) electrons. The van der Waals surface area contributed by atoms with Crippen LogP contribution in [0.25, 0.3) is 44.3 Å². The molecule has 0 bridgehead atoms. The maximum absolute atomic E-state index is 9.92. The van der Waals surface area contributed by atoms with Gasteiger partial charge in [-0.05, 0) is 55.7 Å². The average Bonchev–Trinajstić information content (AvgIpc) is 3.11. The first-order valence-electron chi connectivity index (χ1n) is 10.4. The summed E-state index contributed by atoms with van der Waals surface area (Å²) in [5.41, 5.74) is 10.00. The number of fused-ring (bicyclic) bond motifs is 3. The molecule has 0 unspecified atom stereocenters. The van der Waals surface area contributed by atoms with Crippen molar-refractivity contribution < 1.29 is 8.98 Å². The van der Waals surface area contributed by atoms with Crippen LogP contribution in [0.15, 0.2) is 71.3 Å². The first-order valence-corrected chi connectivity index (χ1v) is 10.4. The summed E-state index contributed by atoms with van der Waals surface area (Å²) in [5.74, 6) is 0. The summed E-state index contributed by atoms with van der Waals surface area (Å²) >= 11 is 0. The van der Waals surface area contributed by atoms with E-state index in [2.05, 4.69) is 67.8 Å². The Labute approximate surface area is 181 Å². The number of nitrogens with zero attached hydrogens (tertiary/aromatic N) is 2. The Morgan fingerprint density at radius 2 is 1.68 bits per heavy atom. The second-order valence-corrected chi connectivity index (χ2v) is 8.26. The number of rotatable bonds is 2. The maximum Gasteiger partial charge on any atom is 0.216 e. The summed E-state index contributed by atoms with van der Waals surface area (Å²) in [7, 11) is 2.04. The third-order valence-electron chi connectivity index (χ3n) is 6.09. The van der Waals surface area contributed by atoms with E-state index in [1.165, 1.54) is 5.56 Å². The number of hydrogen-bond acceptors (Lipinski definition) is 2. The molecule has 0 aliphatic carbocycles. The largest absolute Gasteiger partial charge is 0.455 e. The van der Waals surface area contributed by atoms with Gasteiger partial charge in [0.15, 0.2) is 6.20 Å². The van der Waals surface area contributed by atoms with E-state index >= 15 is 0 Å². The van der Waals surface area contributed by atoms with Crippen molar-refractivity contribution in [2.45, 2.75) is 20.8 Å². The van der Waals surface area contributed by atoms with Crippen molar-refractivity contribution in [3.05, 3.63) is 89.1 Å². The van der Waals surface area contributed by atoms with Crippen molar-refractivity contribution in [2.75, 3.05) is 0 Å². The zero-order valence-corrected chi connectivity index (χ0v) is 18.2. The molecule has 0 N–H and O–H groups in total. The van der Waals surface area contributed by atoms with E-state index in [1.807, 2.05) is 37.5 Å². The summed E-state index contributed by atoms with van der Waals surface area (Å²) in [4.78, 5) is 0. The van der Waals surface area contributed by atoms with Crippen LogP contribution < -0.4 is 4.57 Å². The van der Waals surface area contributed by atoms with Crippen molar-refractivity contribution in [1.29, 1.82) is 5.26 Å². The highest BCUT2D eigenvalue weighted by Gasteiger charge is 2.21. The Kier molecular flexibility index (Phi) is 4.38.